The molecular formula is C50H96O8. The third kappa shape index (κ3) is 31.7. The molecule has 0 aromatic heterocycles. The van der Waals surface area contributed by atoms with Crippen LogP contribution in [0.4, 0.5) is 0 Å². The van der Waals surface area contributed by atoms with E-state index in [4.69, 9.17) is 0 Å². The molecule has 8 nitrogen and oxygen atoms in total. The van der Waals surface area contributed by atoms with Crippen LogP contribution < -0.4 is 0 Å². The summed E-state index contributed by atoms with van der Waals surface area (Å²) in [6, 6.07) is 0. The van der Waals surface area contributed by atoms with E-state index in [1.165, 1.54) is 11.1 Å². The molecule has 0 saturated carbocycles. The Bertz CT molecular complexity index is 1180. The van der Waals surface area contributed by atoms with Crippen LogP contribution in [-0.4, -0.2) is 85.7 Å². The fourth-order valence-corrected chi connectivity index (χ4v) is 8.21. The second-order valence-electron chi connectivity index (χ2n) is 21.4. The Morgan fingerprint density at radius 2 is 0.603 bits per heavy atom. The highest BCUT2D eigenvalue weighted by atomic mass is 16.3. The predicted octanol–water partition coefficient (Wildman–Crippen LogP) is 10.8. The van der Waals surface area contributed by atoms with Gasteiger partial charge in [0.05, 0.1) is 44.8 Å². The summed E-state index contributed by atoms with van der Waals surface area (Å²) in [7, 11) is 0. The zero-order valence-electron chi connectivity index (χ0n) is 39.7. The van der Waals surface area contributed by atoms with Crippen molar-refractivity contribution in [3.05, 3.63) is 36.0 Å². The summed E-state index contributed by atoms with van der Waals surface area (Å²) >= 11 is 0. The fourth-order valence-electron chi connectivity index (χ4n) is 8.21. The Morgan fingerprint density at radius 1 is 0.362 bits per heavy atom. The van der Waals surface area contributed by atoms with Crippen molar-refractivity contribution in [3.8, 4) is 0 Å². The molecule has 0 fully saturated rings. The van der Waals surface area contributed by atoms with Crippen LogP contribution >= 0.6 is 0 Å². The maximum Gasteiger partial charge on any atom is 0.0800 e. The van der Waals surface area contributed by atoms with Gasteiger partial charge in [-0.05, 0) is 237 Å². The van der Waals surface area contributed by atoms with Crippen molar-refractivity contribution in [2.24, 2.45) is 0 Å². The van der Waals surface area contributed by atoms with Crippen LogP contribution in [0.15, 0.2) is 36.0 Å². The van der Waals surface area contributed by atoms with Crippen LogP contribution in [0.25, 0.3) is 0 Å². The molecule has 0 spiro atoms. The molecule has 0 bridgehead atoms. The first-order valence-electron chi connectivity index (χ1n) is 23.0. The van der Waals surface area contributed by atoms with E-state index in [1.807, 2.05) is 48.5 Å². The zero-order chi connectivity index (χ0) is 45.0. The lowest BCUT2D eigenvalue weighted by Crippen LogP contribution is -2.31. The first-order valence-corrected chi connectivity index (χ1v) is 23.0. The Balaban J connectivity index is 4.41. The number of rotatable bonds is 35. The minimum Gasteiger partial charge on any atom is -0.390 e. The Kier molecular flexibility index (Phi) is 25.3. The summed E-state index contributed by atoms with van der Waals surface area (Å²) in [4.78, 5) is 0. The number of hydrogen-bond acceptors (Lipinski definition) is 8. The first kappa shape index (κ1) is 56.9. The fraction of sp³-hybridized carbons (Fsp3) is 0.880. The van der Waals surface area contributed by atoms with Crippen molar-refractivity contribution in [2.45, 2.75) is 281 Å². The maximum absolute atomic E-state index is 11.1. The molecule has 0 amide bonds. The van der Waals surface area contributed by atoms with Gasteiger partial charge in [-0.3, -0.25) is 0 Å². The molecule has 8 heteroatoms. The molecule has 0 radical (unpaired) electrons. The molecule has 8 unspecified atom stereocenters. The van der Waals surface area contributed by atoms with Gasteiger partial charge in [-0.1, -0.05) is 29.4 Å². The molecule has 58 heavy (non-hydrogen) atoms. The van der Waals surface area contributed by atoms with E-state index >= 15 is 0 Å². The van der Waals surface area contributed by atoms with Crippen molar-refractivity contribution < 1.29 is 40.9 Å². The summed E-state index contributed by atoms with van der Waals surface area (Å²) in [5, 5.41) is 86.9. The first-order chi connectivity index (χ1) is 26.3. The van der Waals surface area contributed by atoms with Crippen LogP contribution in [0, 0.1) is 0 Å². The highest BCUT2D eigenvalue weighted by molar-refractivity contribution is 5.01. The van der Waals surface area contributed by atoms with Crippen LogP contribution in [0.5, 0.6) is 0 Å². The van der Waals surface area contributed by atoms with Gasteiger partial charge in [0.2, 0.25) is 0 Å². The largest absolute Gasteiger partial charge is 0.390 e. The zero-order valence-corrected chi connectivity index (χ0v) is 39.7. The van der Waals surface area contributed by atoms with E-state index in [1.54, 1.807) is 13.0 Å². The quantitative estimate of drug-likeness (QED) is 0.0293. The van der Waals surface area contributed by atoms with Gasteiger partial charge < -0.3 is 40.9 Å². The van der Waals surface area contributed by atoms with E-state index in [0.717, 1.165) is 38.5 Å². The van der Waals surface area contributed by atoms with Gasteiger partial charge in [-0.15, -0.1) is 6.58 Å². The summed E-state index contributed by atoms with van der Waals surface area (Å²) < 4.78 is 0. The highest BCUT2D eigenvalue weighted by Gasteiger charge is 2.30. The lowest BCUT2D eigenvalue weighted by molar-refractivity contribution is -0.00814. The number of hydrogen-bond donors (Lipinski definition) is 8. The topological polar surface area (TPSA) is 162 Å². The molecule has 344 valence electrons. The summed E-state index contributed by atoms with van der Waals surface area (Å²) in [6.07, 6.45) is 22.6. The molecular weight excluding hydrogens is 729 g/mol. The minimum absolute atomic E-state index is 0.558. The van der Waals surface area contributed by atoms with E-state index < -0.39 is 44.8 Å². The van der Waals surface area contributed by atoms with Gasteiger partial charge in [-0.2, -0.15) is 0 Å². The molecule has 0 aromatic carbocycles. The van der Waals surface area contributed by atoms with Crippen molar-refractivity contribution in [1.82, 2.24) is 0 Å². The van der Waals surface area contributed by atoms with Gasteiger partial charge in [0.1, 0.15) is 0 Å². The van der Waals surface area contributed by atoms with Gasteiger partial charge in [0, 0.05) is 0 Å². The monoisotopic (exact) mass is 825 g/mol. The van der Waals surface area contributed by atoms with Gasteiger partial charge >= 0.3 is 0 Å². The van der Waals surface area contributed by atoms with Crippen LogP contribution in [0.1, 0.15) is 237 Å². The molecule has 8 atom stereocenters. The maximum atomic E-state index is 11.1. The van der Waals surface area contributed by atoms with Gasteiger partial charge in [-0.25, -0.2) is 0 Å². The van der Waals surface area contributed by atoms with Crippen molar-refractivity contribution >= 4 is 0 Å². The average Bonchev–Trinajstić information content (AvgIpc) is 3.03. The molecule has 0 aliphatic rings. The number of aliphatic hydroxyl groups is 8. The van der Waals surface area contributed by atoms with Gasteiger partial charge in [0.25, 0.3) is 0 Å². The van der Waals surface area contributed by atoms with E-state index in [-0.39, 0.29) is 0 Å². The SMILES string of the molecule is C=CC(C)(O)CC/C=C(\C)CCCC(C)(O)CCCC(C)(O)CCCC(C)(O)CCCC(C)(O)CCCC(C)(O)CCCC(C)(O)CCCC(C)(O)CCC=C(C)C. The average molecular weight is 825 g/mol. The van der Waals surface area contributed by atoms with Crippen molar-refractivity contribution in [1.29, 1.82) is 0 Å². The Hall–Kier alpha value is -1.10. The Labute approximate surface area is 357 Å². The van der Waals surface area contributed by atoms with E-state index in [9.17, 15) is 40.9 Å². The molecule has 8 N–H and O–H groups in total. The number of allylic oxidation sites excluding steroid dienone is 4. The smallest absolute Gasteiger partial charge is 0.0800 e. The predicted molar refractivity (Wildman–Crippen MR) is 244 cm³/mol. The molecule has 0 aliphatic carbocycles. The van der Waals surface area contributed by atoms with Crippen LogP contribution in [0.3, 0.4) is 0 Å². The van der Waals surface area contributed by atoms with Crippen molar-refractivity contribution in [3.63, 3.8) is 0 Å². The normalized spacial score (nSPS) is 20.9. The molecule has 0 aliphatic heterocycles. The second kappa shape index (κ2) is 25.7. The summed E-state index contributed by atoms with van der Waals surface area (Å²) in [5.74, 6) is 0. The second-order valence-corrected chi connectivity index (χ2v) is 21.4. The Morgan fingerprint density at radius 3 is 0.862 bits per heavy atom. The van der Waals surface area contributed by atoms with E-state index in [2.05, 4.69) is 39.5 Å². The molecule has 0 rings (SSSR count). The van der Waals surface area contributed by atoms with E-state index in [0.29, 0.717) is 122 Å². The van der Waals surface area contributed by atoms with Crippen molar-refractivity contribution in [2.75, 3.05) is 0 Å². The van der Waals surface area contributed by atoms with Crippen LogP contribution in [-0.2, 0) is 0 Å². The van der Waals surface area contributed by atoms with Crippen LogP contribution in [0.2, 0.25) is 0 Å². The third-order valence-electron chi connectivity index (χ3n) is 12.7. The highest BCUT2D eigenvalue weighted by Crippen LogP contribution is 2.32. The molecule has 0 aromatic rings. The standard InChI is InChI=1S/C50H96O8/c1-13-43(5,51)26-15-24-42(4)25-16-28-45(7,53)30-18-32-47(9,55)34-20-36-49(11,57)38-22-40-50(12,58)39-21-37-48(10,56)35-19-33-46(8,54)31-17-29-44(6,52)27-14-23-41(2)3/h13,23-24,51-58H,1,14-22,25-40H2,2-12H3/b42-24+. The lowest BCUT2D eigenvalue weighted by Gasteiger charge is -2.31. The third-order valence-corrected chi connectivity index (χ3v) is 12.7. The molecule has 0 saturated heterocycles. The van der Waals surface area contributed by atoms with Gasteiger partial charge in [0.15, 0.2) is 0 Å². The summed E-state index contributed by atoms with van der Waals surface area (Å²) in [5.41, 5.74) is -4.22. The summed E-state index contributed by atoms with van der Waals surface area (Å²) in [6.45, 7) is 24.6. The minimum atomic E-state index is -0.891. The molecule has 0 heterocycles. The lowest BCUT2D eigenvalue weighted by atomic mass is 9.83.